The maximum atomic E-state index is 12.8. The van der Waals surface area contributed by atoms with Gasteiger partial charge < -0.3 is 10.6 Å². The summed E-state index contributed by atoms with van der Waals surface area (Å²) < 4.78 is 25.5. The Hall–Kier alpha value is -3.05. The van der Waals surface area contributed by atoms with Gasteiger partial charge in [0.05, 0.1) is 32.3 Å². The third-order valence-electron chi connectivity index (χ3n) is 4.04. The lowest BCUT2D eigenvalue weighted by Gasteiger charge is -2.10. The molecule has 0 saturated heterocycles. The van der Waals surface area contributed by atoms with Crippen molar-refractivity contribution in [2.45, 2.75) is 10.6 Å². The van der Waals surface area contributed by atoms with E-state index in [0.717, 1.165) is 0 Å². The number of nitrogens with one attached hydrogen (secondary N) is 2. The monoisotopic (exact) mass is 459 g/mol. The van der Waals surface area contributed by atoms with Crippen LogP contribution in [-0.2, 0) is 15.6 Å². The maximum Gasteiger partial charge on any atom is 0.323 e. The van der Waals surface area contributed by atoms with Crippen LogP contribution in [0.2, 0.25) is 10.0 Å². The van der Waals surface area contributed by atoms with Gasteiger partial charge in [-0.1, -0.05) is 41.4 Å². The Labute approximate surface area is 184 Å². The minimum absolute atomic E-state index is 0.0536. The van der Waals surface area contributed by atoms with E-state index in [1.807, 2.05) is 6.07 Å². The highest BCUT2D eigenvalue weighted by molar-refractivity contribution is 7.90. The van der Waals surface area contributed by atoms with Crippen LogP contribution in [0.3, 0.4) is 0 Å². The highest BCUT2D eigenvalue weighted by atomic mass is 35.5. The van der Waals surface area contributed by atoms with Crippen LogP contribution in [0.4, 0.5) is 16.2 Å². The van der Waals surface area contributed by atoms with Gasteiger partial charge in [-0.2, -0.15) is 5.26 Å². The Morgan fingerprint density at radius 1 is 0.900 bits per heavy atom. The van der Waals surface area contributed by atoms with Crippen molar-refractivity contribution < 1.29 is 13.2 Å². The lowest BCUT2D eigenvalue weighted by Crippen LogP contribution is -2.19. The number of hydrogen-bond acceptors (Lipinski definition) is 4. The zero-order valence-corrected chi connectivity index (χ0v) is 17.7. The fraction of sp³-hybridized carbons (Fsp3) is 0.0476. The molecule has 0 heterocycles. The van der Waals surface area contributed by atoms with E-state index in [-0.39, 0.29) is 15.7 Å². The average molecular weight is 460 g/mol. The molecule has 9 heteroatoms. The van der Waals surface area contributed by atoms with E-state index in [2.05, 4.69) is 10.6 Å². The molecule has 6 nitrogen and oxygen atoms in total. The van der Waals surface area contributed by atoms with Gasteiger partial charge in [-0.05, 0) is 54.1 Å². The molecule has 0 atom stereocenters. The summed E-state index contributed by atoms with van der Waals surface area (Å²) in [6, 6.07) is 18.4. The molecule has 3 aromatic rings. The molecule has 0 spiro atoms. The number of rotatable bonds is 5. The molecule has 0 radical (unpaired) electrons. The number of anilines is 2. The van der Waals surface area contributed by atoms with E-state index in [9.17, 15) is 13.2 Å². The third kappa shape index (κ3) is 5.51. The molecule has 30 heavy (non-hydrogen) atoms. The van der Waals surface area contributed by atoms with Crippen LogP contribution < -0.4 is 10.6 Å². The topological polar surface area (TPSA) is 99.1 Å². The maximum absolute atomic E-state index is 12.8. The molecule has 2 amide bonds. The summed E-state index contributed by atoms with van der Waals surface area (Å²) >= 11 is 11.8. The first-order valence-corrected chi connectivity index (χ1v) is 11.0. The van der Waals surface area contributed by atoms with Crippen molar-refractivity contribution in [1.29, 1.82) is 5.26 Å². The smallest absolute Gasteiger partial charge is 0.308 e. The first-order valence-electron chi connectivity index (χ1n) is 8.62. The molecule has 0 aromatic heterocycles. The van der Waals surface area contributed by atoms with Crippen LogP contribution in [-0.4, -0.2) is 14.4 Å². The predicted octanol–water partition coefficient (Wildman–Crippen LogP) is 5.48. The number of hydrogen-bond donors (Lipinski definition) is 2. The van der Waals surface area contributed by atoms with E-state index in [1.165, 1.54) is 30.3 Å². The van der Waals surface area contributed by atoms with Gasteiger partial charge in [0, 0.05) is 11.4 Å². The van der Waals surface area contributed by atoms with E-state index in [4.69, 9.17) is 28.5 Å². The standard InChI is InChI=1S/C21H15Cl2N3O3S/c22-19-8-7-15(10-20(19)23)13-30(28,29)18-6-2-5-17(11-18)26-21(27)25-16-4-1-3-14(9-16)12-24/h1-11H,13H2,(H2,25,26,27). The number of urea groups is 1. The summed E-state index contributed by atoms with van der Waals surface area (Å²) in [6.07, 6.45) is 0. The number of nitriles is 1. The van der Waals surface area contributed by atoms with Gasteiger partial charge in [0.25, 0.3) is 0 Å². The molecule has 0 aliphatic rings. The quantitative estimate of drug-likeness (QED) is 0.527. The van der Waals surface area contributed by atoms with Gasteiger partial charge >= 0.3 is 6.03 Å². The van der Waals surface area contributed by atoms with E-state index < -0.39 is 15.9 Å². The Morgan fingerprint density at radius 2 is 1.57 bits per heavy atom. The van der Waals surface area contributed by atoms with Gasteiger partial charge in [-0.15, -0.1) is 0 Å². The van der Waals surface area contributed by atoms with Gasteiger partial charge in [-0.25, -0.2) is 13.2 Å². The Balaban J connectivity index is 1.73. The molecule has 0 fully saturated rings. The molecule has 0 unspecified atom stereocenters. The highest BCUT2D eigenvalue weighted by Crippen LogP contribution is 2.26. The molecule has 2 N–H and O–H groups in total. The van der Waals surface area contributed by atoms with Crippen molar-refractivity contribution in [3.63, 3.8) is 0 Å². The minimum atomic E-state index is -3.68. The van der Waals surface area contributed by atoms with E-state index >= 15 is 0 Å². The minimum Gasteiger partial charge on any atom is -0.308 e. The number of halogens is 2. The summed E-state index contributed by atoms with van der Waals surface area (Å²) in [5.41, 5.74) is 1.65. The number of carbonyl (C=O) groups excluding carboxylic acids is 1. The van der Waals surface area contributed by atoms with Crippen LogP contribution >= 0.6 is 23.2 Å². The normalized spacial score (nSPS) is 10.8. The average Bonchev–Trinajstić information content (AvgIpc) is 2.71. The number of sulfone groups is 1. The van der Waals surface area contributed by atoms with Crippen molar-refractivity contribution in [3.05, 3.63) is 87.9 Å². The Morgan fingerprint density at radius 3 is 2.23 bits per heavy atom. The van der Waals surface area contributed by atoms with Crippen LogP contribution in [0.5, 0.6) is 0 Å². The number of nitrogens with zero attached hydrogens (tertiary/aromatic N) is 1. The molecular formula is C21H15Cl2N3O3S. The van der Waals surface area contributed by atoms with Gasteiger partial charge in [0.15, 0.2) is 9.84 Å². The number of amides is 2. The Bertz CT molecular complexity index is 1250. The van der Waals surface area contributed by atoms with Crippen molar-refractivity contribution in [2.75, 3.05) is 10.6 Å². The first-order chi connectivity index (χ1) is 14.3. The predicted molar refractivity (Wildman–Crippen MR) is 118 cm³/mol. The van der Waals surface area contributed by atoms with Crippen molar-refractivity contribution in [1.82, 2.24) is 0 Å². The summed E-state index contributed by atoms with van der Waals surface area (Å²) in [4.78, 5) is 12.3. The van der Waals surface area contributed by atoms with Crippen molar-refractivity contribution in [3.8, 4) is 6.07 Å². The fourth-order valence-electron chi connectivity index (χ4n) is 2.66. The molecule has 3 aromatic carbocycles. The highest BCUT2D eigenvalue weighted by Gasteiger charge is 2.17. The lowest BCUT2D eigenvalue weighted by atomic mass is 10.2. The second kappa shape index (κ2) is 9.18. The second-order valence-corrected chi connectivity index (χ2v) is 9.11. The van der Waals surface area contributed by atoms with E-state index in [0.29, 0.717) is 27.5 Å². The fourth-order valence-corrected chi connectivity index (χ4v) is 4.36. The molecular weight excluding hydrogens is 445 g/mol. The van der Waals surface area contributed by atoms with Crippen molar-refractivity contribution in [2.24, 2.45) is 0 Å². The Kier molecular flexibility index (Phi) is 6.63. The van der Waals surface area contributed by atoms with E-state index in [1.54, 1.807) is 36.4 Å². The first kappa shape index (κ1) is 21.7. The second-order valence-electron chi connectivity index (χ2n) is 6.31. The zero-order valence-electron chi connectivity index (χ0n) is 15.4. The largest absolute Gasteiger partial charge is 0.323 e. The molecule has 0 aliphatic carbocycles. The zero-order chi connectivity index (χ0) is 21.7. The van der Waals surface area contributed by atoms with Crippen molar-refractivity contribution >= 4 is 50.4 Å². The molecule has 0 saturated carbocycles. The summed E-state index contributed by atoms with van der Waals surface area (Å²) in [6.45, 7) is 0. The molecule has 0 aliphatic heterocycles. The lowest BCUT2D eigenvalue weighted by molar-refractivity contribution is 0.262. The van der Waals surface area contributed by atoms with Gasteiger partial charge in [-0.3, -0.25) is 0 Å². The van der Waals surface area contributed by atoms with Crippen LogP contribution in [0, 0.1) is 11.3 Å². The molecule has 3 rings (SSSR count). The van der Waals surface area contributed by atoms with Crippen LogP contribution in [0.15, 0.2) is 71.6 Å². The molecule has 152 valence electrons. The van der Waals surface area contributed by atoms with Gasteiger partial charge in [0.1, 0.15) is 0 Å². The SMILES string of the molecule is N#Cc1cccc(NC(=O)Nc2cccc(S(=O)(=O)Cc3ccc(Cl)c(Cl)c3)c2)c1. The van der Waals surface area contributed by atoms with Crippen LogP contribution in [0.25, 0.3) is 0 Å². The summed E-state index contributed by atoms with van der Waals surface area (Å²) in [5, 5.41) is 14.7. The summed E-state index contributed by atoms with van der Waals surface area (Å²) in [5.74, 6) is -0.263. The summed E-state index contributed by atoms with van der Waals surface area (Å²) in [7, 11) is -3.68. The number of carbonyl (C=O) groups is 1. The van der Waals surface area contributed by atoms with Crippen LogP contribution in [0.1, 0.15) is 11.1 Å². The number of benzene rings is 3. The molecule has 0 bridgehead atoms. The third-order valence-corrected chi connectivity index (χ3v) is 6.47. The van der Waals surface area contributed by atoms with Gasteiger partial charge in [0.2, 0.25) is 0 Å².